The Kier molecular flexibility index (Phi) is 8.16. The van der Waals surface area contributed by atoms with Gasteiger partial charge in [0.25, 0.3) is 0 Å². The molecule has 0 aliphatic rings. The van der Waals surface area contributed by atoms with Crippen LogP contribution in [-0.4, -0.2) is 53.3 Å². The van der Waals surface area contributed by atoms with E-state index in [1.54, 1.807) is 32.7 Å². The summed E-state index contributed by atoms with van der Waals surface area (Å²) in [4.78, 5) is 40.4. The molecule has 2 rings (SSSR count). The van der Waals surface area contributed by atoms with Gasteiger partial charge in [0.15, 0.2) is 0 Å². The zero-order valence-electron chi connectivity index (χ0n) is 18.1. The van der Waals surface area contributed by atoms with Crippen molar-refractivity contribution in [2.45, 2.75) is 45.4 Å². The fraction of sp³-hybridized carbons (Fsp3) is 0.375. The fourth-order valence-corrected chi connectivity index (χ4v) is 3.09. The molecule has 0 saturated carbocycles. The molecule has 0 spiro atoms. The lowest BCUT2D eigenvalue weighted by Gasteiger charge is -2.34. The minimum Gasteiger partial charge on any atom is -0.444 e. The summed E-state index contributed by atoms with van der Waals surface area (Å²) < 4.78 is 5.48. The summed E-state index contributed by atoms with van der Waals surface area (Å²) >= 11 is 0. The van der Waals surface area contributed by atoms with Crippen LogP contribution in [0.4, 0.5) is 4.79 Å². The Balaban J connectivity index is 2.32. The van der Waals surface area contributed by atoms with Crippen LogP contribution >= 0.6 is 0 Å². The Hall–Kier alpha value is -3.15. The highest BCUT2D eigenvalue weighted by Crippen LogP contribution is 2.17. The largest absolute Gasteiger partial charge is 0.444 e. The summed E-state index contributed by atoms with van der Waals surface area (Å²) in [5, 5.41) is 0. The highest BCUT2D eigenvalue weighted by Gasteiger charge is 2.34. The van der Waals surface area contributed by atoms with E-state index in [0.29, 0.717) is 12.8 Å². The molecule has 160 valence electrons. The molecule has 0 aromatic heterocycles. The molecule has 0 radical (unpaired) electrons. The Morgan fingerprint density at radius 1 is 0.967 bits per heavy atom. The monoisotopic (exact) mass is 410 g/mol. The van der Waals surface area contributed by atoms with Gasteiger partial charge in [-0.15, -0.1) is 0 Å². The molecule has 0 fully saturated rings. The van der Waals surface area contributed by atoms with E-state index in [4.69, 9.17) is 4.74 Å². The summed E-state index contributed by atoms with van der Waals surface area (Å²) in [6, 6.07) is 18.2. The van der Waals surface area contributed by atoms with Crippen molar-refractivity contribution in [3.63, 3.8) is 0 Å². The molecule has 2 aromatic carbocycles. The van der Waals surface area contributed by atoms with Crippen molar-refractivity contribution < 1.29 is 19.1 Å². The number of ether oxygens (including phenoxy) is 1. The first-order chi connectivity index (χ1) is 14.2. The van der Waals surface area contributed by atoms with Crippen LogP contribution in [0.2, 0.25) is 0 Å². The summed E-state index contributed by atoms with van der Waals surface area (Å²) in [7, 11) is 1.70. The Morgan fingerprint density at radius 2 is 1.50 bits per heavy atom. The second-order valence-corrected chi connectivity index (χ2v) is 8.18. The SMILES string of the molecule is CN(Cc1ccccc1)C(=O)[C@H](Cc1ccccc1)N(CC=O)C(=O)OC(C)(C)C. The molecule has 0 unspecified atom stereocenters. The van der Waals surface area contributed by atoms with Gasteiger partial charge in [0.05, 0.1) is 6.54 Å². The predicted molar refractivity (Wildman–Crippen MR) is 116 cm³/mol. The molecule has 1 atom stereocenters. The third-order valence-corrected chi connectivity index (χ3v) is 4.47. The number of nitrogens with zero attached hydrogens (tertiary/aromatic N) is 2. The van der Waals surface area contributed by atoms with E-state index in [1.165, 1.54) is 4.90 Å². The molecule has 0 aliphatic carbocycles. The Bertz CT molecular complexity index is 831. The zero-order valence-corrected chi connectivity index (χ0v) is 18.1. The quantitative estimate of drug-likeness (QED) is 0.623. The van der Waals surface area contributed by atoms with Crippen LogP contribution in [0, 0.1) is 0 Å². The van der Waals surface area contributed by atoms with E-state index in [0.717, 1.165) is 11.1 Å². The second kappa shape index (κ2) is 10.6. The molecule has 2 amide bonds. The molecule has 6 nitrogen and oxygen atoms in total. The van der Waals surface area contributed by atoms with Crippen molar-refractivity contribution in [1.29, 1.82) is 0 Å². The number of likely N-dealkylation sites (N-methyl/N-ethyl adjacent to an activating group) is 1. The normalized spacial score (nSPS) is 12.0. The van der Waals surface area contributed by atoms with Crippen molar-refractivity contribution in [2.75, 3.05) is 13.6 Å². The summed E-state index contributed by atoms with van der Waals surface area (Å²) in [6.45, 7) is 5.42. The van der Waals surface area contributed by atoms with Gasteiger partial charge in [-0.1, -0.05) is 60.7 Å². The van der Waals surface area contributed by atoms with Gasteiger partial charge in [0.1, 0.15) is 17.9 Å². The number of rotatable bonds is 8. The Morgan fingerprint density at radius 3 is 2.00 bits per heavy atom. The lowest BCUT2D eigenvalue weighted by atomic mass is 10.0. The number of hydrogen-bond acceptors (Lipinski definition) is 4. The first-order valence-corrected chi connectivity index (χ1v) is 9.97. The lowest BCUT2D eigenvalue weighted by Crippen LogP contribution is -2.52. The van der Waals surface area contributed by atoms with Crippen LogP contribution in [0.25, 0.3) is 0 Å². The molecule has 0 N–H and O–H groups in total. The smallest absolute Gasteiger partial charge is 0.411 e. The van der Waals surface area contributed by atoms with Crippen molar-refractivity contribution in [1.82, 2.24) is 9.80 Å². The molecular weight excluding hydrogens is 380 g/mol. The fourth-order valence-electron chi connectivity index (χ4n) is 3.09. The van der Waals surface area contributed by atoms with Crippen LogP contribution in [0.5, 0.6) is 0 Å². The van der Waals surface area contributed by atoms with Gasteiger partial charge < -0.3 is 14.4 Å². The van der Waals surface area contributed by atoms with Crippen LogP contribution in [0.1, 0.15) is 31.9 Å². The summed E-state index contributed by atoms with van der Waals surface area (Å²) in [6.07, 6.45) is 0.218. The zero-order chi connectivity index (χ0) is 22.1. The first-order valence-electron chi connectivity index (χ1n) is 9.97. The number of carbonyl (C=O) groups excluding carboxylic acids is 3. The Labute approximate surface area is 178 Å². The molecule has 0 saturated heterocycles. The maximum atomic E-state index is 13.4. The topological polar surface area (TPSA) is 66.9 Å². The third kappa shape index (κ3) is 7.03. The van der Waals surface area contributed by atoms with E-state index < -0.39 is 17.7 Å². The number of benzene rings is 2. The van der Waals surface area contributed by atoms with E-state index >= 15 is 0 Å². The van der Waals surface area contributed by atoms with Gasteiger partial charge in [-0.05, 0) is 31.9 Å². The average molecular weight is 411 g/mol. The summed E-state index contributed by atoms with van der Waals surface area (Å²) in [5.74, 6) is -0.254. The molecule has 0 bridgehead atoms. The average Bonchev–Trinajstić information content (AvgIpc) is 2.70. The maximum Gasteiger partial charge on any atom is 0.411 e. The third-order valence-electron chi connectivity index (χ3n) is 4.47. The van der Waals surface area contributed by atoms with Crippen molar-refractivity contribution in [3.05, 3.63) is 71.8 Å². The van der Waals surface area contributed by atoms with Crippen LogP contribution in [0.3, 0.4) is 0 Å². The van der Waals surface area contributed by atoms with Crippen LogP contribution in [-0.2, 0) is 27.3 Å². The van der Waals surface area contributed by atoms with Gasteiger partial charge >= 0.3 is 6.09 Å². The van der Waals surface area contributed by atoms with Gasteiger partial charge in [0, 0.05) is 20.0 Å². The van der Waals surface area contributed by atoms with Crippen molar-refractivity contribution >= 4 is 18.3 Å². The first kappa shape index (κ1) is 23.1. The van der Waals surface area contributed by atoms with Crippen molar-refractivity contribution in [3.8, 4) is 0 Å². The van der Waals surface area contributed by atoms with E-state index in [1.807, 2.05) is 60.7 Å². The summed E-state index contributed by atoms with van der Waals surface area (Å²) in [5.41, 5.74) is 1.13. The maximum absolute atomic E-state index is 13.4. The predicted octanol–water partition coefficient (Wildman–Crippen LogP) is 3.69. The van der Waals surface area contributed by atoms with Crippen LogP contribution < -0.4 is 0 Å². The number of hydrogen-bond donors (Lipinski definition) is 0. The molecule has 30 heavy (non-hydrogen) atoms. The standard InChI is InChI=1S/C24H30N2O4/c1-24(2,3)30-23(29)26(15-16-27)21(17-19-11-7-5-8-12-19)22(28)25(4)18-20-13-9-6-10-14-20/h5-14,16,21H,15,17-18H2,1-4H3/t21-/m0/s1. The van der Waals surface area contributed by atoms with E-state index in [-0.39, 0.29) is 18.9 Å². The number of aldehydes is 1. The molecule has 2 aromatic rings. The second-order valence-electron chi connectivity index (χ2n) is 8.18. The van der Waals surface area contributed by atoms with Gasteiger partial charge in [-0.2, -0.15) is 0 Å². The molecular formula is C24H30N2O4. The van der Waals surface area contributed by atoms with Gasteiger partial charge in [0.2, 0.25) is 5.91 Å². The number of amides is 2. The minimum atomic E-state index is -0.860. The molecule has 0 heterocycles. The highest BCUT2D eigenvalue weighted by atomic mass is 16.6. The molecule has 0 aliphatic heterocycles. The van der Waals surface area contributed by atoms with E-state index in [9.17, 15) is 14.4 Å². The molecule has 6 heteroatoms. The van der Waals surface area contributed by atoms with Gasteiger partial charge in [-0.25, -0.2) is 4.79 Å². The minimum absolute atomic E-state index is 0.225. The van der Waals surface area contributed by atoms with E-state index in [2.05, 4.69) is 0 Å². The lowest BCUT2D eigenvalue weighted by molar-refractivity contribution is -0.136. The van der Waals surface area contributed by atoms with Crippen LogP contribution in [0.15, 0.2) is 60.7 Å². The highest BCUT2D eigenvalue weighted by molar-refractivity contribution is 5.87. The number of carbonyl (C=O) groups is 3. The van der Waals surface area contributed by atoms with Crippen molar-refractivity contribution in [2.24, 2.45) is 0 Å². The van der Waals surface area contributed by atoms with Gasteiger partial charge in [-0.3, -0.25) is 9.69 Å².